The SMILES string of the molecule is CNC(=O)N(N(CCCl)S(C)(=O)=O)S(C)(=O)=O.Nc1ccn([C@@H]2O[C@H](CO)[C@@H](O)[C@@H]2O)c(=O)n1. The van der Waals surface area contributed by atoms with Crippen LogP contribution in [0, 0.1) is 0 Å². The van der Waals surface area contributed by atoms with E-state index < -0.39 is 62.9 Å². The third-order valence-electron chi connectivity index (χ3n) is 4.21. The number of hydrogen-bond donors (Lipinski definition) is 5. The quantitative estimate of drug-likeness (QED) is 0.164. The molecule has 0 aliphatic carbocycles. The molecule has 1 saturated heterocycles. The number of nitrogens with one attached hydrogen (secondary N) is 1. The Morgan fingerprint density at radius 3 is 2.24 bits per heavy atom. The number of rotatable bonds is 7. The van der Waals surface area contributed by atoms with Gasteiger partial charge >= 0.3 is 11.7 Å². The van der Waals surface area contributed by atoms with Crippen molar-refractivity contribution in [2.75, 3.05) is 44.3 Å². The van der Waals surface area contributed by atoms with E-state index in [4.69, 9.17) is 27.2 Å². The Morgan fingerprint density at radius 2 is 1.85 bits per heavy atom. The number of sulfonamides is 2. The highest BCUT2D eigenvalue weighted by Gasteiger charge is 2.43. The average Bonchev–Trinajstić information content (AvgIpc) is 3.00. The minimum atomic E-state index is -4.07. The minimum absolute atomic E-state index is 0.0537. The number of nitrogens with two attached hydrogens (primary N) is 1. The molecule has 1 aromatic rings. The van der Waals surface area contributed by atoms with Crippen LogP contribution >= 0.6 is 11.6 Å². The highest BCUT2D eigenvalue weighted by atomic mass is 35.5. The van der Waals surface area contributed by atoms with E-state index in [2.05, 4.69) is 4.98 Å². The van der Waals surface area contributed by atoms with Crippen LogP contribution in [0.15, 0.2) is 17.1 Å². The maximum absolute atomic E-state index is 11.5. The van der Waals surface area contributed by atoms with Gasteiger partial charge in [-0.3, -0.25) is 4.57 Å². The molecule has 19 heteroatoms. The number of nitrogens with zero attached hydrogens (tertiary/aromatic N) is 4. The molecule has 4 atom stereocenters. The lowest BCUT2D eigenvalue weighted by Gasteiger charge is -2.29. The fraction of sp³-hybridized carbons (Fsp3) is 0.667. The average molecular weight is 551 g/mol. The summed E-state index contributed by atoms with van der Waals surface area (Å²) in [5, 5.41) is 30.2. The van der Waals surface area contributed by atoms with E-state index in [0.29, 0.717) is 10.7 Å². The number of nitrogen functional groups attached to an aromatic ring is 1. The molecule has 2 rings (SSSR count). The molecule has 0 radical (unpaired) electrons. The van der Waals surface area contributed by atoms with Crippen molar-refractivity contribution in [1.29, 1.82) is 0 Å². The van der Waals surface area contributed by atoms with Crippen molar-refractivity contribution < 1.29 is 41.7 Å². The van der Waals surface area contributed by atoms with Crippen molar-refractivity contribution in [3.8, 4) is 0 Å². The molecule has 34 heavy (non-hydrogen) atoms. The van der Waals surface area contributed by atoms with Crippen LogP contribution in [0.2, 0.25) is 0 Å². The number of aromatic nitrogens is 2. The van der Waals surface area contributed by atoms with E-state index in [0.717, 1.165) is 10.8 Å². The molecule has 0 spiro atoms. The molecule has 0 aromatic carbocycles. The minimum Gasteiger partial charge on any atom is -0.394 e. The fourth-order valence-corrected chi connectivity index (χ4v) is 5.26. The van der Waals surface area contributed by atoms with Gasteiger partial charge in [0.25, 0.3) is 10.0 Å². The zero-order chi connectivity index (χ0) is 26.4. The molecule has 196 valence electrons. The van der Waals surface area contributed by atoms with Crippen molar-refractivity contribution in [2.45, 2.75) is 24.5 Å². The van der Waals surface area contributed by atoms with Crippen LogP contribution in [0.4, 0.5) is 10.6 Å². The first-order chi connectivity index (χ1) is 15.6. The first-order valence-electron chi connectivity index (χ1n) is 9.32. The number of aliphatic hydroxyl groups is 3. The second-order valence-corrected chi connectivity index (χ2v) is 10.9. The second-order valence-electron chi connectivity index (χ2n) is 6.83. The molecular formula is C15H27ClN6O10S2. The summed E-state index contributed by atoms with van der Waals surface area (Å²) in [6, 6.07) is 0.291. The van der Waals surface area contributed by atoms with Gasteiger partial charge in [0.2, 0.25) is 10.0 Å². The predicted octanol–water partition coefficient (Wildman–Crippen LogP) is -3.56. The van der Waals surface area contributed by atoms with E-state index in [9.17, 15) is 36.6 Å². The largest absolute Gasteiger partial charge is 0.394 e. The lowest BCUT2D eigenvalue weighted by Crippen LogP contribution is -2.55. The molecule has 0 saturated carbocycles. The summed E-state index contributed by atoms with van der Waals surface area (Å²) in [7, 11) is -6.82. The number of anilines is 1. The monoisotopic (exact) mass is 550 g/mol. The smallest absolute Gasteiger partial charge is 0.351 e. The van der Waals surface area contributed by atoms with Crippen molar-refractivity contribution in [3.05, 3.63) is 22.7 Å². The van der Waals surface area contributed by atoms with Crippen molar-refractivity contribution in [1.82, 2.24) is 23.7 Å². The number of halogens is 1. The number of hydrogen-bond acceptors (Lipinski definition) is 12. The summed E-state index contributed by atoms with van der Waals surface area (Å²) in [6.45, 7) is -0.785. The van der Waals surface area contributed by atoms with Gasteiger partial charge in [-0.05, 0) is 6.07 Å². The molecule has 1 aromatic heterocycles. The van der Waals surface area contributed by atoms with Gasteiger partial charge in [0.1, 0.15) is 24.1 Å². The lowest BCUT2D eigenvalue weighted by molar-refractivity contribution is -0.0549. The van der Waals surface area contributed by atoms with Crippen LogP contribution < -0.4 is 16.7 Å². The van der Waals surface area contributed by atoms with Crippen LogP contribution in [0.5, 0.6) is 0 Å². The van der Waals surface area contributed by atoms with Crippen LogP contribution in [0.3, 0.4) is 0 Å². The number of alkyl halides is 1. The Kier molecular flexibility index (Phi) is 10.6. The molecule has 1 aliphatic rings. The number of carbonyl (C=O) groups is 1. The van der Waals surface area contributed by atoms with E-state index in [1.165, 1.54) is 19.3 Å². The number of hydrazine groups is 1. The summed E-state index contributed by atoms with van der Waals surface area (Å²) >= 11 is 5.39. The van der Waals surface area contributed by atoms with E-state index in [1.807, 2.05) is 5.32 Å². The Bertz CT molecular complexity index is 1110. The number of carbonyl (C=O) groups excluding carboxylic acids is 1. The molecular weight excluding hydrogens is 524 g/mol. The van der Waals surface area contributed by atoms with Crippen LogP contribution in [0.25, 0.3) is 0 Å². The zero-order valence-electron chi connectivity index (χ0n) is 18.3. The van der Waals surface area contributed by atoms with Gasteiger partial charge in [-0.1, -0.05) is 4.41 Å². The van der Waals surface area contributed by atoms with Crippen LogP contribution in [0.1, 0.15) is 6.23 Å². The van der Waals surface area contributed by atoms with Crippen LogP contribution in [-0.4, -0.2) is 113 Å². The first kappa shape index (κ1) is 30.0. The Morgan fingerprint density at radius 1 is 1.26 bits per heavy atom. The molecule has 0 unspecified atom stereocenters. The summed E-state index contributed by atoms with van der Waals surface area (Å²) in [5.41, 5.74) is 4.63. The summed E-state index contributed by atoms with van der Waals surface area (Å²) in [5.74, 6) is -0.103. The molecule has 2 heterocycles. The van der Waals surface area contributed by atoms with E-state index >= 15 is 0 Å². The van der Waals surface area contributed by atoms with Crippen molar-refractivity contribution in [2.24, 2.45) is 0 Å². The van der Waals surface area contributed by atoms with Gasteiger partial charge in [0, 0.05) is 25.7 Å². The molecule has 0 bridgehead atoms. The van der Waals surface area contributed by atoms with Gasteiger partial charge in [0.05, 0.1) is 19.1 Å². The van der Waals surface area contributed by atoms with Crippen molar-refractivity contribution in [3.63, 3.8) is 0 Å². The molecule has 6 N–H and O–H groups in total. The van der Waals surface area contributed by atoms with Gasteiger partial charge in [0.15, 0.2) is 6.23 Å². The number of aliphatic hydroxyl groups excluding tert-OH is 3. The standard InChI is InChI=1S/C9H13N3O5.C6H14ClN3O5S2/c10-5-1-2-12(9(16)11-5)8-7(15)6(14)4(3-13)17-8;1-8-6(11)10(17(3,14)15)9(5-4-7)16(2,12)13/h1-2,4,6-8,13-15H,3H2,(H2,10,11,16);4-5H2,1-3H3,(H,8,11)/t4-,6-,7+,8-;/m1./s1. The van der Waals surface area contributed by atoms with Crippen molar-refractivity contribution >= 4 is 43.5 Å². The molecule has 16 nitrogen and oxygen atoms in total. The third-order valence-corrected chi connectivity index (χ3v) is 6.58. The van der Waals surface area contributed by atoms with Gasteiger partial charge in [-0.25, -0.2) is 26.4 Å². The number of urea groups is 1. The predicted molar refractivity (Wildman–Crippen MR) is 119 cm³/mol. The second kappa shape index (κ2) is 12.1. The maximum Gasteiger partial charge on any atom is 0.351 e. The topological polar surface area (TPSA) is 235 Å². The normalized spacial score (nSPS) is 22.7. The highest BCUT2D eigenvalue weighted by Crippen LogP contribution is 2.27. The van der Waals surface area contributed by atoms with Crippen LogP contribution in [-0.2, 0) is 24.8 Å². The molecule has 1 fully saturated rings. The Hall–Kier alpha value is -2.06. The summed E-state index contributed by atoms with van der Waals surface area (Å²) < 4.78 is 52.4. The van der Waals surface area contributed by atoms with Gasteiger partial charge in [-0.2, -0.15) is 4.98 Å². The van der Waals surface area contributed by atoms with Gasteiger partial charge in [-0.15, -0.1) is 16.0 Å². The lowest BCUT2D eigenvalue weighted by atomic mass is 10.1. The number of ether oxygens (including phenoxy) is 1. The molecule has 2 amide bonds. The van der Waals surface area contributed by atoms with E-state index in [1.54, 1.807) is 0 Å². The Balaban J connectivity index is 0.000000340. The first-order valence-corrected chi connectivity index (χ1v) is 13.6. The summed E-state index contributed by atoms with van der Waals surface area (Å²) in [4.78, 5) is 26.4. The summed E-state index contributed by atoms with van der Waals surface area (Å²) in [6.07, 6.45) is -1.77. The van der Waals surface area contributed by atoms with Gasteiger partial charge < -0.3 is 31.1 Å². The Labute approximate surface area is 200 Å². The van der Waals surface area contributed by atoms with E-state index in [-0.39, 0.29) is 22.7 Å². The zero-order valence-corrected chi connectivity index (χ0v) is 20.7. The fourth-order valence-electron chi connectivity index (χ4n) is 2.71. The third kappa shape index (κ3) is 7.47. The molecule has 1 aliphatic heterocycles. The number of amides is 2. The maximum atomic E-state index is 11.5. The highest BCUT2D eigenvalue weighted by molar-refractivity contribution is 7.91.